The number of ether oxygens (including phenoxy) is 1. The molecule has 26 heavy (non-hydrogen) atoms. The number of carbonyl (C=O) groups is 1. The predicted octanol–water partition coefficient (Wildman–Crippen LogP) is 2.49. The Kier molecular flexibility index (Phi) is 5.36. The molecule has 2 aromatic rings. The smallest absolute Gasteiger partial charge is 0.261 e. The lowest BCUT2D eigenvalue weighted by atomic mass is 10.1. The van der Waals surface area contributed by atoms with E-state index in [1.165, 1.54) is 6.26 Å². The second-order valence-electron chi connectivity index (χ2n) is 6.64. The number of benzene rings is 1. The maximum atomic E-state index is 12.8. The van der Waals surface area contributed by atoms with Crippen molar-refractivity contribution in [2.45, 2.75) is 32.9 Å². The third kappa shape index (κ3) is 4.27. The van der Waals surface area contributed by atoms with Crippen LogP contribution in [0.3, 0.4) is 0 Å². The van der Waals surface area contributed by atoms with E-state index in [0.29, 0.717) is 17.9 Å². The number of hydrogen-bond acceptors (Lipinski definition) is 5. The molecule has 0 N–H and O–H groups in total. The Balaban J connectivity index is 1.73. The molecule has 0 unspecified atom stereocenters. The van der Waals surface area contributed by atoms with Crippen molar-refractivity contribution in [3.8, 4) is 5.75 Å². The van der Waals surface area contributed by atoms with Gasteiger partial charge < -0.3 is 14.1 Å². The predicted molar refractivity (Wildman–Crippen MR) is 97.7 cm³/mol. The van der Waals surface area contributed by atoms with E-state index in [-0.39, 0.29) is 36.6 Å². The van der Waals surface area contributed by atoms with Gasteiger partial charge >= 0.3 is 0 Å². The Morgan fingerprint density at radius 2 is 2.08 bits per heavy atom. The summed E-state index contributed by atoms with van der Waals surface area (Å²) in [5.74, 6) is 1.13. The molecule has 1 aromatic heterocycles. The number of nitrogens with zero attached hydrogens (tertiary/aromatic N) is 1. The summed E-state index contributed by atoms with van der Waals surface area (Å²) in [5.41, 5.74) is 2.07. The zero-order chi connectivity index (χ0) is 18.7. The summed E-state index contributed by atoms with van der Waals surface area (Å²) in [4.78, 5) is 14.4. The third-order valence-corrected chi connectivity index (χ3v) is 6.53. The molecule has 1 amide bonds. The second-order valence-corrected chi connectivity index (χ2v) is 8.87. The third-order valence-electron chi connectivity index (χ3n) is 4.78. The molecule has 1 saturated heterocycles. The highest BCUT2D eigenvalue weighted by atomic mass is 32.2. The van der Waals surface area contributed by atoms with Gasteiger partial charge in [0.25, 0.3) is 5.91 Å². The normalized spacial score (nSPS) is 18.6. The zero-order valence-electron chi connectivity index (χ0n) is 15.0. The molecule has 2 heterocycles. The lowest BCUT2D eigenvalue weighted by Crippen LogP contribution is -2.43. The molecular formula is C19H23NO5S. The molecule has 0 saturated carbocycles. The van der Waals surface area contributed by atoms with Crippen molar-refractivity contribution in [2.75, 3.05) is 18.1 Å². The van der Waals surface area contributed by atoms with E-state index in [1.54, 1.807) is 17.0 Å². The highest BCUT2D eigenvalue weighted by Crippen LogP contribution is 2.23. The molecule has 0 bridgehead atoms. The van der Waals surface area contributed by atoms with Crippen LogP contribution in [0.25, 0.3) is 0 Å². The van der Waals surface area contributed by atoms with Crippen LogP contribution in [0.2, 0.25) is 0 Å². The highest BCUT2D eigenvalue weighted by molar-refractivity contribution is 7.91. The Labute approximate surface area is 153 Å². The van der Waals surface area contributed by atoms with Crippen LogP contribution < -0.4 is 4.74 Å². The Morgan fingerprint density at radius 3 is 2.73 bits per heavy atom. The van der Waals surface area contributed by atoms with Crippen LogP contribution in [0.5, 0.6) is 5.75 Å². The number of hydrogen-bond donors (Lipinski definition) is 0. The van der Waals surface area contributed by atoms with Crippen molar-refractivity contribution in [1.29, 1.82) is 0 Å². The quantitative estimate of drug-likeness (QED) is 0.773. The van der Waals surface area contributed by atoms with E-state index >= 15 is 0 Å². The minimum atomic E-state index is -3.10. The van der Waals surface area contributed by atoms with Crippen molar-refractivity contribution >= 4 is 15.7 Å². The molecule has 0 radical (unpaired) electrons. The van der Waals surface area contributed by atoms with Crippen molar-refractivity contribution < 1.29 is 22.4 Å². The van der Waals surface area contributed by atoms with Gasteiger partial charge in [-0.05, 0) is 49.6 Å². The van der Waals surface area contributed by atoms with E-state index in [0.717, 1.165) is 11.1 Å². The first-order chi connectivity index (χ1) is 12.4. The minimum Gasteiger partial charge on any atom is -0.483 e. The van der Waals surface area contributed by atoms with Gasteiger partial charge in [-0.3, -0.25) is 4.79 Å². The minimum absolute atomic E-state index is 0.0110. The summed E-state index contributed by atoms with van der Waals surface area (Å²) in [6, 6.07) is 8.86. The molecule has 6 nitrogen and oxygen atoms in total. The van der Waals surface area contributed by atoms with Gasteiger partial charge in [0.15, 0.2) is 16.4 Å². The molecule has 1 atom stereocenters. The summed E-state index contributed by atoms with van der Waals surface area (Å²) in [5, 5.41) is 0. The van der Waals surface area contributed by atoms with Gasteiger partial charge in [-0.25, -0.2) is 8.42 Å². The van der Waals surface area contributed by atoms with Crippen molar-refractivity contribution in [2.24, 2.45) is 0 Å². The van der Waals surface area contributed by atoms with E-state index in [9.17, 15) is 13.2 Å². The van der Waals surface area contributed by atoms with Gasteiger partial charge in [0.2, 0.25) is 0 Å². The fraction of sp³-hybridized carbons (Fsp3) is 0.421. The van der Waals surface area contributed by atoms with Gasteiger partial charge in [-0.1, -0.05) is 12.1 Å². The zero-order valence-corrected chi connectivity index (χ0v) is 15.8. The van der Waals surface area contributed by atoms with E-state index in [2.05, 4.69) is 0 Å². The first-order valence-corrected chi connectivity index (χ1v) is 10.4. The molecule has 7 heteroatoms. The molecule has 0 spiro atoms. The molecule has 1 aliphatic rings. The van der Waals surface area contributed by atoms with Crippen molar-refractivity contribution in [3.63, 3.8) is 0 Å². The molecule has 1 aliphatic heterocycles. The van der Waals surface area contributed by atoms with Gasteiger partial charge in [-0.15, -0.1) is 0 Å². The second kappa shape index (κ2) is 7.53. The molecule has 3 rings (SSSR count). The molecular weight excluding hydrogens is 354 g/mol. The molecule has 1 fully saturated rings. The molecule has 140 valence electrons. The van der Waals surface area contributed by atoms with Crippen LogP contribution in [0, 0.1) is 13.8 Å². The van der Waals surface area contributed by atoms with Gasteiger partial charge in [0.1, 0.15) is 11.5 Å². The number of rotatable bonds is 6. The number of aryl methyl sites for hydroxylation is 1. The SMILES string of the molecule is Cc1cccc(OCC(=O)N(Cc2ccco2)[C@@H]2CCS(=O)(=O)C2)c1C. The summed E-state index contributed by atoms with van der Waals surface area (Å²) < 4.78 is 34.7. The summed E-state index contributed by atoms with van der Waals surface area (Å²) in [6.45, 7) is 4.03. The van der Waals surface area contributed by atoms with Crippen molar-refractivity contribution in [3.05, 3.63) is 53.5 Å². The maximum absolute atomic E-state index is 12.8. The number of amides is 1. The van der Waals surface area contributed by atoms with E-state index in [1.807, 2.05) is 32.0 Å². The average molecular weight is 377 g/mol. The summed E-state index contributed by atoms with van der Waals surface area (Å²) in [7, 11) is -3.10. The van der Waals surface area contributed by atoms with Crippen LogP contribution in [0.15, 0.2) is 41.0 Å². The maximum Gasteiger partial charge on any atom is 0.261 e. The average Bonchev–Trinajstić information content (AvgIpc) is 3.23. The van der Waals surface area contributed by atoms with Crippen LogP contribution >= 0.6 is 0 Å². The number of furan rings is 1. The van der Waals surface area contributed by atoms with Gasteiger partial charge in [-0.2, -0.15) is 0 Å². The topological polar surface area (TPSA) is 76.8 Å². The monoisotopic (exact) mass is 377 g/mol. The molecule has 0 aliphatic carbocycles. The number of sulfone groups is 1. The Morgan fingerprint density at radius 1 is 1.27 bits per heavy atom. The first kappa shape index (κ1) is 18.5. The standard InChI is InChI=1S/C19H23NO5S/c1-14-5-3-7-18(15(14)2)25-12-19(21)20(11-17-6-4-9-24-17)16-8-10-26(22,23)13-16/h3-7,9,16H,8,10-13H2,1-2H3/t16-/m1/s1. The van der Waals surface area contributed by atoms with Crippen molar-refractivity contribution in [1.82, 2.24) is 4.90 Å². The van der Waals surface area contributed by atoms with E-state index in [4.69, 9.17) is 9.15 Å². The van der Waals surface area contributed by atoms with Crippen LogP contribution in [0.4, 0.5) is 0 Å². The number of carbonyl (C=O) groups excluding carboxylic acids is 1. The van der Waals surface area contributed by atoms with Crippen LogP contribution in [-0.4, -0.2) is 43.4 Å². The van der Waals surface area contributed by atoms with Crippen LogP contribution in [0.1, 0.15) is 23.3 Å². The van der Waals surface area contributed by atoms with Crippen LogP contribution in [-0.2, 0) is 21.2 Å². The summed E-state index contributed by atoms with van der Waals surface area (Å²) in [6.07, 6.45) is 1.98. The summed E-state index contributed by atoms with van der Waals surface area (Å²) >= 11 is 0. The fourth-order valence-corrected chi connectivity index (χ4v) is 4.85. The lowest BCUT2D eigenvalue weighted by molar-refractivity contribution is -0.136. The Bertz CT molecular complexity index is 873. The highest BCUT2D eigenvalue weighted by Gasteiger charge is 2.35. The van der Waals surface area contributed by atoms with Gasteiger partial charge in [0, 0.05) is 6.04 Å². The van der Waals surface area contributed by atoms with E-state index < -0.39 is 9.84 Å². The first-order valence-electron chi connectivity index (χ1n) is 8.57. The largest absolute Gasteiger partial charge is 0.483 e. The Hall–Kier alpha value is -2.28. The fourth-order valence-electron chi connectivity index (χ4n) is 3.12. The van der Waals surface area contributed by atoms with Gasteiger partial charge in [0.05, 0.1) is 24.3 Å². The lowest BCUT2D eigenvalue weighted by Gasteiger charge is -2.27. The molecule has 1 aromatic carbocycles.